The van der Waals surface area contributed by atoms with Gasteiger partial charge in [0.15, 0.2) is 0 Å². The molecule has 5 rings (SSSR count). The Hall–Kier alpha value is -0.380. The topological polar surface area (TPSA) is 30.7 Å². The molecule has 4 saturated carbocycles. The number of rotatable bonds is 4. The second kappa shape index (κ2) is 4.82. The molecule has 0 N–H and O–H groups in total. The van der Waals surface area contributed by atoms with Gasteiger partial charge in [0.2, 0.25) is 0 Å². The molecule has 0 amide bonds. The number of nitrogens with zero attached hydrogens (tertiary/aromatic N) is 3. The SMILES string of the molecule is CCn1c(CBr)nnc1CC12CC3CC(CC(C3)C1)C2. The summed E-state index contributed by atoms with van der Waals surface area (Å²) in [5, 5.41) is 9.70. The number of halogens is 1. The van der Waals surface area contributed by atoms with E-state index in [-0.39, 0.29) is 0 Å². The van der Waals surface area contributed by atoms with Crippen LogP contribution in [0.5, 0.6) is 0 Å². The van der Waals surface area contributed by atoms with E-state index < -0.39 is 0 Å². The smallest absolute Gasteiger partial charge is 0.143 e. The Morgan fingerprint density at radius 1 is 1.05 bits per heavy atom. The van der Waals surface area contributed by atoms with Crippen LogP contribution in [0.2, 0.25) is 0 Å². The maximum atomic E-state index is 4.52. The van der Waals surface area contributed by atoms with Crippen LogP contribution in [0.15, 0.2) is 0 Å². The van der Waals surface area contributed by atoms with Gasteiger partial charge < -0.3 is 4.57 Å². The summed E-state index contributed by atoms with van der Waals surface area (Å²) in [4.78, 5) is 0. The fourth-order valence-corrected chi connectivity index (χ4v) is 6.22. The van der Waals surface area contributed by atoms with Crippen LogP contribution in [0.3, 0.4) is 0 Å². The highest BCUT2D eigenvalue weighted by Gasteiger charge is 2.51. The number of hydrogen-bond acceptors (Lipinski definition) is 2. The molecule has 0 radical (unpaired) electrons. The van der Waals surface area contributed by atoms with E-state index in [1.807, 2.05) is 0 Å². The van der Waals surface area contributed by atoms with Gasteiger partial charge in [-0.2, -0.15) is 0 Å². The van der Waals surface area contributed by atoms with Gasteiger partial charge in [-0.3, -0.25) is 0 Å². The second-order valence-electron chi connectivity index (χ2n) is 7.50. The molecule has 1 heterocycles. The molecule has 0 aromatic carbocycles. The molecule has 1 aromatic rings. The summed E-state index contributed by atoms with van der Waals surface area (Å²) in [6, 6.07) is 0. The van der Waals surface area contributed by atoms with Crippen LogP contribution in [0, 0.1) is 23.2 Å². The van der Waals surface area contributed by atoms with Crippen LogP contribution in [-0.4, -0.2) is 14.8 Å². The van der Waals surface area contributed by atoms with Crippen molar-refractivity contribution in [1.29, 1.82) is 0 Å². The van der Waals surface area contributed by atoms with Gasteiger partial charge in [-0.1, -0.05) is 15.9 Å². The lowest BCUT2D eigenvalue weighted by atomic mass is 9.49. The van der Waals surface area contributed by atoms with Crippen molar-refractivity contribution >= 4 is 15.9 Å². The third-order valence-electron chi connectivity index (χ3n) is 6.04. The molecule has 20 heavy (non-hydrogen) atoms. The first-order chi connectivity index (χ1) is 9.71. The Bertz CT molecular complexity index is 473. The molecule has 4 aliphatic carbocycles. The van der Waals surface area contributed by atoms with Crippen molar-refractivity contribution in [2.75, 3.05) is 0 Å². The Morgan fingerprint density at radius 3 is 2.10 bits per heavy atom. The van der Waals surface area contributed by atoms with Gasteiger partial charge in [0.1, 0.15) is 11.6 Å². The minimum absolute atomic E-state index is 0.568. The summed E-state index contributed by atoms with van der Waals surface area (Å²) < 4.78 is 2.33. The molecule has 4 heteroatoms. The summed E-state index contributed by atoms with van der Waals surface area (Å²) in [6.07, 6.45) is 10.1. The highest BCUT2D eigenvalue weighted by atomic mass is 79.9. The van der Waals surface area contributed by atoms with Crippen LogP contribution in [0.25, 0.3) is 0 Å². The molecule has 4 aliphatic rings. The van der Waals surface area contributed by atoms with E-state index in [2.05, 4.69) is 37.6 Å². The summed E-state index contributed by atoms with van der Waals surface area (Å²) in [5.41, 5.74) is 0.568. The van der Waals surface area contributed by atoms with Gasteiger partial charge in [0.05, 0.1) is 5.33 Å². The lowest BCUT2D eigenvalue weighted by molar-refractivity contribution is -0.0535. The molecule has 1 aromatic heterocycles. The standard InChI is InChI=1S/C16H24BrN3/c1-2-20-14(18-19-15(20)10-17)9-16-6-11-3-12(7-16)5-13(4-11)8-16/h11-13H,2-10H2,1H3. The third-order valence-corrected chi connectivity index (χ3v) is 6.54. The summed E-state index contributed by atoms with van der Waals surface area (Å²) >= 11 is 3.53. The van der Waals surface area contributed by atoms with E-state index in [0.717, 1.165) is 35.5 Å². The van der Waals surface area contributed by atoms with Gasteiger partial charge in [0, 0.05) is 13.0 Å². The molecule has 4 fully saturated rings. The molecular formula is C16H24BrN3. The highest BCUT2D eigenvalue weighted by molar-refractivity contribution is 9.08. The predicted octanol–water partition coefficient (Wildman–Crippen LogP) is 3.95. The van der Waals surface area contributed by atoms with Crippen LogP contribution in [0.1, 0.15) is 57.1 Å². The number of hydrogen-bond donors (Lipinski definition) is 0. The molecule has 3 nitrogen and oxygen atoms in total. The largest absolute Gasteiger partial charge is 0.315 e. The number of aromatic nitrogens is 3. The van der Waals surface area contributed by atoms with Gasteiger partial charge in [-0.15, -0.1) is 10.2 Å². The first kappa shape index (κ1) is 13.3. The quantitative estimate of drug-likeness (QED) is 0.778. The molecule has 0 unspecified atom stereocenters. The molecule has 0 aliphatic heterocycles. The fourth-order valence-electron chi connectivity index (χ4n) is 5.81. The predicted molar refractivity (Wildman–Crippen MR) is 82.6 cm³/mol. The summed E-state index contributed by atoms with van der Waals surface area (Å²) in [5.74, 6) is 5.40. The average molecular weight is 338 g/mol. The highest BCUT2D eigenvalue weighted by Crippen LogP contribution is 2.60. The normalized spacial score (nSPS) is 38.6. The van der Waals surface area contributed by atoms with E-state index in [0.29, 0.717) is 5.41 Å². The van der Waals surface area contributed by atoms with E-state index in [9.17, 15) is 0 Å². The van der Waals surface area contributed by atoms with Crippen LogP contribution >= 0.6 is 15.9 Å². The molecule has 0 saturated heterocycles. The Morgan fingerprint density at radius 2 is 1.60 bits per heavy atom. The van der Waals surface area contributed by atoms with Crippen LogP contribution in [0.4, 0.5) is 0 Å². The Kier molecular flexibility index (Phi) is 3.21. The van der Waals surface area contributed by atoms with E-state index >= 15 is 0 Å². The van der Waals surface area contributed by atoms with Gasteiger partial charge in [-0.25, -0.2) is 0 Å². The van der Waals surface area contributed by atoms with Gasteiger partial charge in [-0.05, 0) is 68.6 Å². The molecule has 0 atom stereocenters. The molecule has 4 bridgehead atoms. The lowest BCUT2D eigenvalue weighted by Gasteiger charge is -2.56. The maximum absolute atomic E-state index is 4.52. The third kappa shape index (κ3) is 2.06. The monoisotopic (exact) mass is 337 g/mol. The second-order valence-corrected chi connectivity index (χ2v) is 8.07. The average Bonchev–Trinajstić information content (AvgIpc) is 2.78. The molecule has 0 spiro atoms. The molecular weight excluding hydrogens is 314 g/mol. The van der Waals surface area contributed by atoms with Crippen molar-refractivity contribution in [2.24, 2.45) is 23.2 Å². The van der Waals surface area contributed by atoms with Crippen LogP contribution in [-0.2, 0) is 18.3 Å². The summed E-state index contributed by atoms with van der Waals surface area (Å²) in [6.45, 7) is 3.20. The lowest BCUT2D eigenvalue weighted by Crippen LogP contribution is -2.47. The maximum Gasteiger partial charge on any atom is 0.143 e. The first-order valence-corrected chi connectivity index (χ1v) is 9.30. The first-order valence-electron chi connectivity index (χ1n) is 8.18. The Balaban J connectivity index is 1.61. The molecule has 110 valence electrons. The zero-order valence-electron chi connectivity index (χ0n) is 12.3. The van der Waals surface area contributed by atoms with Crippen molar-refractivity contribution in [3.05, 3.63) is 11.6 Å². The van der Waals surface area contributed by atoms with Crippen molar-refractivity contribution < 1.29 is 0 Å². The fraction of sp³-hybridized carbons (Fsp3) is 0.875. The minimum atomic E-state index is 0.568. The zero-order chi connectivity index (χ0) is 13.7. The van der Waals surface area contributed by atoms with Gasteiger partial charge >= 0.3 is 0 Å². The van der Waals surface area contributed by atoms with Crippen molar-refractivity contribution in [3.8, 4) is 0 Å². The van der Waals surface area contributed by atoms with E-state index in [1.54, 1.807) is 0 Å². The number of alkyl halides is 1. The van der Waals surface area contributed by atoms with E-state index in [1.165, 1.54) is 50.8 Å². The van der Waals surface area contributed by atoms with Gasteiger partial charge in [0.25, 0.3) is 0 Å². The van der Waals surface area contributed by atoms with Crippen molar-refractivity contribution in [3.63, 3.8) is 0 Å². The van der Waals surface area contributed by atoms with E-state index in [4.69, 9.17) is 0 Å². The summed E-state index contributed by atoms with van der Waals surface area (Å²) in [7, 11) is 0. The zero-order valence-corrected chi connectivity index (χ0v) is 13.9. The van der Waals surface area contributed by atoms with Crippen molar-refractivity contribution in [1.82, 2.24) is 14.8 Å². The minimum Gasteiger partial charge on any atom is -0.315 e. The van der Waals surface area contributed by atoms with Crippen LogP contribution < -0.4 is 0 Å². The van der Waals surface area contributed by atoms with Crippen molar-refractivity contribution in [2.45, 2.75) is 63.7 Å². The Labute approximate surface area is 129 Å².